The van der Waals surface area contributed by atoms with Crippen LogP contribution in [0.1, 0.15) is 23.3 Å². The molecule has 20 heavy (non-hydrogen) atoms. The SMILES string of the molecule is COc1ccccc1C(Sc1cccc(C)c1)C(C)N. The first-order chi connectivity index (χ1) is 9.61. The van der Waals surface area contributed by atoms with Crippen molar-refractivity contribution in [2.75, 3.05) is 7.11 Å². The molecule has 0 amide bonds. The number of methoxy groups -OCH3 is 1. The van der Waals surface area contributed by atoms with Gasteiger partial charge in [-0.1, -0.05) is 35.9 Å². The zero-order valence-corrected chi connectivity index (χ0v) is 13.0. The Balaban J connectivity index is 2.32. The number of benzene rings is 2. The molecule has 0 spiro atoms. The molecule has 0 bridgehead atoms. The normalized spacial score (nSPS) is 13.8. The number of rotatable bonds is 5. The monoisotopic (exact) mass is 287 g/mol. The molecule has 0 heterocycles. The predicted octanol–water partition coefficient (Wildman–Crippen LogP) is 4.18. The van der Waals surface area contributed by atoms with Gasteiger partial charge in [-0.15, -0.1) is 11.8 Å². The van der Waals surface area contributed by atoms with E-state index in [-0.39, 0.29) is 11.3 Å². The van der Waals surface area contributed by atoms with Crippen molar-refractivity contribution in [1.82, 2.24) is 0 Å². The maximum atomic E-state index is 6.20. The van der Waals surface area contributed by atoms with Crippen molar-refractivity contribution in [3.05, 3.63) is 59.7 Å². The van der Waals surface area contributed by atoms with E-state index in [9.17, 15) is 0 Å². The number of para-hydroxylation sites is 1. The van der Waals surface area contributed by atoms with Gasteiger partial charge in [0, 0.05) is 16.5 Å². The Hall–Kier alpha value is -1.45. The predicted molar refractivity (Wildman–Crippen MR) is 86.4 cm³/mol. The van der Waals surface area contributed by atoms with Crippen LogP contribution in [-0.4, -0.2) is 13.2 Å². The van der Waals surface area contributed by atoms with E-state index < -0.39 is 0 Å². The Morgan fingerprint density at radius 2 is 1.85 bits per heavy atom. The summed E-state index contributed by atoms with van der Waals surface area (Å²) in [6.45, 7) is 4.15. The summed E-state index contributed by atoms with van der Waals surface area (Å²) in [5, 5.41) is 0.174. The largest absolute Gasteiger partial charge is 0.496 e. The van der Waals surface area contributed by atoms with Crippen LogP contribution in [0.3, 0.4) is 0 Å². The van der Waals surface area contributed by atoms with E-state index in [0.29, 0.717) is 0 Å². The van der Waals surface area contributed by atoms with Crippen LogP contribution in [-0.2, 0) is 0 Å². The number of aryl methyl sites for hydroxylation is 1. The van der Waals surface area contributed by atoms with Crippen molar-refractivity contribution in [3.8, 4) is 5.75 Å². The quantitative estimate of drug-likeness (QED) is 0.838. The second-order valence-electron chi connectivity index (χ2n) is 4.96. The number of hydrogen-bond acceptors (Lipinski definition) is 3. The smallest absolute Gasteiger partial charge is 0.123 e. The van der Waals surface area contributed by atoms with E-state index in [1.165, 1.54) is 10.5 Å². The van der Waals surface area contributed by atoms with Crippen LogP contribution in [0.5, 0.6) is 5.75 Å². The van der Waals surface area contributed by atoms with Crippen molar-refractivity contribution in [2.45, 2.75) is 30.0 Å². The van der Waals surface area contributed by atoms with Crippen LogP contribution in [0, 0.1) is 6.92 Å². The molecule has 3 heteroatoms. The van der Waals surface area contributed by atoms with Gasteiger partial charge in [-0.2, -0.15) is 0 Å². The minimum Gasteiger partial charge on any atom is -0.496 e. The van der Waals surface area contributed by atoms with E-state index in [1.807, 2.05) is 25.1 Å². The third-order valence-corrected chi connectivity index (χ3v) is 4.64. The van der Waals surface area contributed by atoms with Gasteiger partial charge in [-0.25, -0.2) is 0 Å². The first-order valence-corrected chi connectivity index (χ1v) is 7.61. The molecule has 0 saturated carbocycles. The van der Waals surface area contributed by atoms with Crippen LogP contribution in [0.25, 0.3) is 0 Å². The number of hydrogen-bond donors (Lipinski definition) is 1. The molecule has 106 valence electrons. The molecule has 2 nitrogen and oxygen atoms in total. The van der Waals surface area contributed by atoms with Gasteiger partial charge in [-0.05, 0) is 32.0 Å². The Kier molecular flexibility index (Phi) is 5.10. The summed E-state index contributed by atoms with van der Waals surface area (Å²) in [4.78, 5) is 1.23. The fourth-order valence-corrected chi connectivity index (χ4v) is 3.43. The minimum atomic E-state index is 0.0387. The number of thioether (sulfide) groups is 1. The van der Waals surface area contributed by atoms with Crippen molar-refractivity contribution in [2.24, 2.45) is 5.73 Å². The Morgan fingerprint density at radius 3 is 2.50 bits per heavy atom. The average molecular weight is 287 g/mol. The Labute approximate surface area is 125 Å². The van der Waals surface area contributed by atoms with Crippen molar-refractivity contribution in [3.63, 3.8) is 0 Å². The van der Waals surface area contributed by atoms with Gasteiger partial charge < -0.3 is 10.5 Å². The highest BCUT2D eigenvalue weighted by Crippen LogP contribution is 2.41. The van der Waals surface area contributed by atoms with E-state index in [4.69, 9.17) is 10.5 Å². The van der Waals surface area contributed by atoms with E-state index in [0.717, 1.165) is 11.3 Å². The summed E-state index contributed by atoms with van der Waals surface area (Å²) in [5.41, 5.74) is 8.61. The molecule has 2 unspecified atom stereocenters. The molecule has 0 aliphatic heterocycles. The number of nitrogens with two attached hydrogens (primary N) is 1. The Morgan fingerprint density at radius 1 is 1.10 bits per heavy atom. The summed E-state index contributed by atoms with van der Waals surface area (Å²) < 4.78 is 5.47. The molecule has 2 atom stereocenters. The first kappa shape index (κ1) is 14.9. The fraction of sp³-hybridized carbons (Fsp3) is 0.294. The van der Waals surface area contributed by atoms with E-state index >= 15 is 0 Å². The molecule has 0 aromatic heterocycles. The lowest BCUT2D eigenvalue weighted by Crippen LogP contribution is -2.23. The van der Waals surface area contributed by atoms with Crippen LogP contribution in [0.15, 0.2) is 53.4 Å². The maximum Gasteiger partial charge on any atom is 0.123 e. The minimum absolute atomic E-state index is 0.0387. The third kappa shape index (κ3) is 3.56. The standard InChI is InChI=1S/C17H21NOS/c1-12-7-6-8-14(11-12)20-17(13(2)18)15-9-4-5-10-16(15)19-3/h4-11,13,17H,18H2,1-3H3. The second kappa shape index (κ2) is 6.82. The summed E-state index contributed by atoms with van der Waals surface area (Å²) in [6.07, 6.45) is 0. The highest BCUT2D eigenvalue weighted by atomic mass is 32.2. The summed E-state index contributed by atoms with van der Waals surface area (Å²) >= 11 is 1.79. The lowest BCUT2D eigenvalue weighted by atomic mass is 10.1. The summed E-state index contributed by atoms with van der Waals surface area (Å²) in [7, 11) is 1.70. The molecule has 0 fully saturated rings. The van der Waals surface area contributed by atoms with Crippen LogP contribution in [0.4, 0.5) is 0 Å². The first-order valence-electron chi connectivity index (χ1n) is 6.73. The molecule has 0 aliphatic rings. The van der Waals surface area contributed by atoms with Gasteiger partial charge in [0.25, 0.3) is 0 Å². The zero-order valence-electron chi connectivity index (χ0n) is 12.2. The lowest BCUT2D eigenvalue weighted by molar-refractivity contribution is 0.408. The molecule has 2 aromatic rings. The maximum absolute atomic E-state index is 6.20. The van der Waals surface area contributed by atoms with Gasteiger partial charge in [-0.3, -0.25) is 0 Å². The van der Waals surface area contributed by atoms with Crippen LogP contribution < -0.4 is 10.5 Å². The zero-order chi connectivity index (χ0) is 14.5. The van der Waals surface area contributed by atoms with Gasteiger partial charge in [0.05, 0.1) is 12.4 Å². The van der Waals surface area contributed by atoms with Gasteiger partial charge in [0.1, 0.15) is 5.75 Å². The number of ether oxygens (including phenoxy) is 1. The molecule has 2 aromatic carbocycles. The molecular formula is C17H21NOS. The van der Waals surface area contributed by atoms with E-state index in [1.54, 1.807) is 18.9 Å². The van der Waals surface area contributed by atoms with Gasteiger partial charge in [0.15, 0.2) is 0 Å². The third-order valence-electron chi connectivity index (χ3n) is 3.18. The van der Waals surface area contributed by atoms with Crippen LogP contribution >= 0.6 is 11.8 Å². The average Bonchev–Trinajstić information content (AvgIpc) is 2.44. The molecule has 2 N–H and O–H groups in total. The summed E-state index contributed by atoms with van der Waals surface area (Å²) in [6, 6.07) is 16.6. The molecule has 0 aliphatic carbocycles. The van der Waals surface area contributed by atoms with Gasteiger partial charge in [0.2, 0.25) is 0 Å². The molecule has 2 rings (SSSR count). The van der Waals surface area contributed by atoms with Crippen molar-refractivity contribution < 1.29 is 4.74 Å². The van der Waals surface area contributed by atoms with Crippen molar-refractivity contribution >= 4 is 11.8 Å². The second-order valence-corrected chi connectivity index (χ2v) is 6.17. The molecular weight excluding hydrogens is 266 g/mol. The highest BCUT2D eigenvalue weighted by molar-refractivity contribution is 7.99. The molecule has 0 saturated heterocycles. The van der Waals surface area contributed by atoms with Gasteiger partial charge >= 0.3 is 0 Å². The van der Waals surface area contributed by atoms with Crippen molar-refractivity contribution in [1.29, 1.82) is 0 Å². The Bertz CT molecular complexity index is 568. The highest BCUT2D eigenvalue weighted by Gasteiger charge is 2.21. The topological polar surface area (TPSA) is 35.2 Å². The van der Waals surface area contributed by atoms with E-state index in [2.05, 4.69) is 37.3 Å². The fourth-order valence-electron chi connectivity index (χ4n) is 2.19. The lowest BCUT2D eigenvalue weighted by Gasteiger charge is -2.23. The van der Waals surface area contributed by atoms with Crippen LogP contribution in [0.2, 0.25) is 0 Å². The summed E-state index contributed by atoms with van der Waals surface area (Å²) in [5.74, 6) is 0.898. The molecule has 0 radical (unpaired) electrons.